The van der Waals surface area contributed by atoms with Gasteiger partial charge in [-0.2, -0.15) is 0 Å². The second-order valence-electron chi connectivity index (χ2n) is 4.72. The molecule has 0 aliphatic rings. The predicted octanol–water partition coefficient (Wildman–Crippen LogP) is 2.06. The minimum Gasteiger partial charge on any atom is -0.320 e. The average molecular weight is 294 g/mol. The average Bonchev–Trinajstić information content (AvgIpc) is 2.55. The van der Waals surface area contributed by atoms with Crippen LogP contribution in [0.25, 0.3) is 11.0 Å². The van der Waals surface area contributed by atoms with Crippen molar-refractivity contribution in [3.63, 3.8) is 0 Å². The van der Waals surface area contributed by atoms with Gasteiger partial charge in [-0.3, -0.25) is 19.1 Å². The number of anilines is 1. The van der Waals surface area contributed by atoms with E-state index in [4.69, 9.17) is 0 Å². The lowest BCUT2D eigenvalue weighted by atomic mass is 10.2. The molecule has 0 aliphatic heterocycles. The molecule has 3 rings (SSSR count). The summed E-state index contributed by atoms with van der Waals surface area (Å²) < 4.78 is 1.49. The summed E-state index contributed by atoms with van der Waals surface area (Å²) in [6.45, 7) is 2.29. The predicted molar refractivity (Wildman–Crippen MR) is 83.9 cm³/mol. The van der Waals surface area contributed by atoms with Gasteiger partial charge in [0.1, 0.15) is 11.2 Å². The molecule has 22 heavy (non-hydrogen) atoms. The first kappa shape index (κ1) is 13.9. The van der Waals surface area contributed by atoms with Crippen LogP contribution in [0.4, 0.5) is 5.69 Å². The first-order chi connectivity index (χ1) is 10.7. The quantitative estimate of drug-likeness (QED) is 0.802. The third kappa shape index (κ3) is 2.46. The largest absolute Gasteiger partial charge is 0.320 e. The number of carbonyl (C=O) groups is 1. The van der Waals surface area contributed by atoms with Crippen LogP contribution in [0.5, 0.6) is 0 Å². The number of nitrogens with zero attached hydrogens (tertiary/aromatic N) is 3. The molecule has 0 saturated carbocycles. The van der Waals surface area contributed by atoms with E-state index in [-0.39, 0.29) is 11.1 Å². The minimum absolute atomic E-state index is 0.0891. The topological polar surface area (TPSA) is 76.9 Å². The third-order valence-corrected chi connectivity index (χ3v) is 3.33. The van der Waals surface area contributed by atoms with E-state index in [1.807, 2.05) is 13.0 Å². The van der Waals surface area contributed by atoms with Crippen molar-refractivity contribution < 1.29 is 4.79 Å². The van der Waals surface area contributed by atoms with Crippen LogP contribution in [0.15, 0.2) is 53.7 Å². The maximum atomic E-state index is 12.5. The maximum absolute atomic E-state index is 12.5. The Labute approximate surface area is 126 Å². The molecule has 0 saturated heterocycles. The molecule has 0 bridgehead atoms. The van der Waals surface area contributed by atoms with E-state index in [0.717, 1.165) is 5.39 Å². The Kier molecular flexibility index (Phi) is 3.65. The van der Waals surface area contributed by atoms with Gasteiger partial charge in [0.25, 0.3) is 11.5 Å². The molecule has 0 spiro atoms. The Bertz CT molecular complexity index is 888. The lowest BCUT2D eigenvalue weighted by Gasteiger charge is -2.10. The molecule has 0 fully saturated rings. The minimum atomic E-state index is -0.453. The molecule has 110 valence electrons. The van der Waals surface area contributed by atoms with Crippen LogP contribution in [0.2, 0.25) is 0 Å². The monoisotopic (exact) mass is 294 g/mol. The summed E-state index contributed by atoms with van der Waals surface area (Å²) in [6.07, 6.45) is 4.77. The standard InChI is InChI=1S/C16H14N4O2/c1-2-20-14-11(5-3-8-18-14)9-13(16(20)22)15(21)19-12-6-4-7-17-10-12/h3-10H,2H2,1H3,(H,19,21). The number of aryl methyl sites for hydroxylation is 1. The molecule has 3 aromatic rings. The van der Waals surface area contributed by atoms with Crippen LogP contribution >= 0.6 is 0 Å². The zero-order valence-electron chi connectivity index (χ0n) is 12.0. The number of pyridine rings is 3. The van der Waals surface area contributed by atoms with Crippen molar-refractivity contribution in [3.05, 3.63) is 64.8 Å². The van der Waals surface area contributed by atoms with Crippen LogP contribution in [0.1, 0.15) is 17.3 Å². The molecule has 3 heterocycles. The number of carbonyl (C=O) groups excluding carboxylic acids is 1. The molecule has 1 N–H and O–H groups in total. The Balaban J connectivity index is 2.09. The smallest absolute Gasteiger partial charge is 0.265 e. The first-order valence-electron chi connectivity index (χ1n) is 6.90. The van der Waals surface area contributed by atoms with Gasteiger partial charge in [-0.05, 0) is 37.3 Å². The molecule has 0 atom stereocenters. The highest BCUT2D eigenvalue weighted by Crippen LogP contribution is 2.12. The van der Waals surface area contributed by atoms with Crippen LogP contribution in [0, 0.1) is 0 Å². The van der Waals surface area contributed by atoms with Gasteiger partial charge in [-0.25, -0.2) is 4.98 Å². The molecule has 6 nitrogen and oxygen atoms in total. The molecule has 0 radical (unpaired) electrons. The van der Waals surface area contributed by atoms with E-state index in [1.54, 1.807) is 36.7 Å². The lowest BCUT2D eigenvalue weighted by molar-refractivity contribution is 0.102. The van der Waals surface area contributed by atoms with E-state index in [2.05, 4.69) is 15.3 Å². The van der Waals surface area contributed by atoms with Crippen LogP contribution < -0.4 is 10.9 Å². The zero-order chi connectivity index (χ0) is 15.5. The number of nitrogens with one attached hydrogen (secondary N) is 1. The normalized spacial score (nSPS) is 10.6. The van der Waals surface area contributed by atoms with Gasteiger partial charge in [-0.15, -0.1) is 0 Å². The molecule has 1 amide bonds. The maximum Gasteiger partial charge on any atom is 0.265 e. The van der Waals surface area contributed by atoms with Crippen LogP contribution in [0.3, 0.4) is 0 Å². The second-order valence-corrected chi connectivity index (χ2v) is 4.72. The van der Waals surface area contributed by atoms with Gasteiger partial charge in [0, 0.05) is 24.3 Å². The molecule has 0 aliphatic carbocycles. The fraction of sp³-hybridized carbons (Fsp3) is 0.125. The van der Waals surface area contributed by atoms with Gasteiger partial charge >= 0.3 is 0 Å². The number of amides is 1. The summed E-state index contributed by atoms with van der Waals surface area (Å²) in [6, 6.07) is 8.60. The van der Waals surface area contributed by atoms with Crippen molar-refractivity contribution in [1.29, 1.82) is 0 Å². The van der Waals surface area contributed by atoms with Crippen molar-refractivity contribution >= 4 is 22.6 Å². The Morgan fingerprint density at radius 1 is 1.27 bits per heavy atom. The van der Waals surface area contributed by atoms with Gasteiger partial charge < -0.3 is 5.32 Å². The Hall–Kier alpha value is -3.02. The highest BCUT2D eigenvalue weighted by atomic mass is 16.2. The molecular formula is C16H14N4O2. The zero-order valence-corrected chi connectivity index (χ0v) is 12.0. The van der Waals surface area contributed by atoms with Crippen molar-refractivity contribution in [2.24, 2.45) is 0 Å². The van der Waals surface area contributed by atoms with E-state index in [9.17, 15) is 9.59 Å². The number of rotatable bonds is 3. The molecule has 0 unspecified atom stereocenters. The highest BCUT2D eigenvalue weighted by Gasteiger charge is 2.15. The summed E-state index contributed by atoms with van der Waals surface area (Å²) in [5.74, 6) is -0.453. The van der Waals surface area contributed by atoms with Crippen molar-refractivity contribution in [2.75, 3.05) is 5.32 Å². The molecule has 3 aromatic heterocycles. The van der Waals surface area contributed by atoms with Gasteiger partial charge in [0.05, 0.1) is 11.9 Å². The SMILES string of the molecule is CCn1c(=O)c(C(=O)Nc2cccnc2)cc2cccnc21. The number of hydrogen-bond donors (Lipinski definition) is 1. The van der Waals surface area contributed by atoms with E-state index < -0.39 is 5.91 Å². The van der Waals surface area contributed by atoms with E-state index in [0.29, 0.717) is 17.9 Å². The van der Waals surface area contributed by atoms with Crippen molar-refractivity contribution in [3.8, 4) is 0 Å². The van der Waals surface area contributed by atoms with E-state index >= 15 is 0 Å². The summed E-state index contributed by atoms with van der Waals surface area (Å²) >= 11 is 0. The van der Waals surface area contributed by atoms with Crippen LogP contribution in [-0.2, 0) is 6.54 Å². The fourth-order valence-corrected chi connectivity index (χ4v) is 2.30. The Morgan fingerprint density at radius 3 is 2.82 bits per heavy atom. The lowest BCUT2D eigenvalue weighted by Crippen LogP contribution is -2.29. The Morgan fingerprint density at radius 2 is 2.09 bits per heavy atom. The summed E-state index contributed by atoms with van der Waals surface area (Å²) in [5, 5.41) is 3.43. The van der Waals surface area contributed by atoms with Gasteiger partial charge in [0.2, 0.25) is 0 Å². The van der Waals surface area contributed by atoms with E-state index in [1.165, 1.54) is 10.8 Å². The summed E-state index contributed by atoms with van der Waals surface area (Å²) in [7, 11) is 0. The van der Waals surface area contributed by atoms with Crippen molar-refractivity contribution in [2.45, 2.75) is 13.5 Å². The molecule has 0 aromatic carbocycles. The van der Waals surface area contributed by atoms with Gasteiger partial charge in [0.15, 0.2) is 0 Å². The molecule has 6 heteroatoms. The summed E-state index contributed by atoms with van der Waals surface area (Å²) in [4.78, 5) is 33.0. The van der Waals surface area contributed by atoms with Gasteiger partial charge in [-0.1, -0.05) is 0 Å². The highest BCUT2D eigenvalue weighted by molar-refractivity contribution is 6.05. The van der Waals surface area contributed by atoms with Crippen LogP contribution in [-0.4, -0.2) is 20.4 Å². The summed E-state index contributed by atoms with van der Waals surface area (Å²) in [5.41, 5.74) is 0.857. The second kappa shape index (κ2) is 5.77. The number of hydrogen-bond acceptors (Lipinski definition) is 4. The molecular weight excluding hydrogens is 280 g/mol. The number of fused-ring (bicyclic) bond motifs is 1. The van der Waals surface area contributed by atoms with Crippen molar-refractivity contribution in [1.82, 2.24) is 14.5 Å². The fourth-order valence-electron chi connectivity index (χ4n) is 2.30. The number of aromatic nitrogens is 3. The third-order valence-electron chi connectivity index (χ3n) is 3.33. The first-order valence-corrected chi connectivity index (χ1v) is 6.90.